The van der Waals surface area contributed by atoms with Crippen LogP contribution in [0.15, 0.2) is 76.7 Å². The molecule has 0 radical (unpaired) electrons. The van der Waals surface area contributed by atoms with Crippen LogP contribution in [0.5, 0.6) is 17.2 Å². The van der Waals surface area contributed by atoms with Gasteiger partial charge < -0.3 is 14.2 Å². The Kier molecular flexibility index (Phi) is 6.45. The van der Waals surface area contributed by atoms with Crippen LogP contribution in [0.2, 0.25) is 0 Å². The molecule has 4 rings (SSSR count). The molecule has 0 aliphatic carbocycles. The average Bonchev–Trinajstić information content (AvgIpc) is 2.84. The highest BCUT2D eigenvalue weighted by molar-refractivity contribution is 7.92. The number of nitrogens with zero attached hydrogens (tertiary/aromatic N) is 1. The summed E-state index contributed by atoms with van der Waals surface area (Å²) in [6.07, 6.45) is 1.46. The van der Waals surface area contributed by atoms with E-state index in [1.807, 2.05) is 0 Å². The zero-order valence-electron chi connectivity index (χ0n) is 17.6. The zero-order chi connectivity index (χ0) is 23.3. The van der Waals surface area contributed by atoms with Crippen LogP contribution in [0.25, 0.3) is 0 Å². The molecule has 0 fully saturated rings. The van der Waals surface area contributed by atoms with E-state index in [1.54, 1.807) is 42.5 Å². The summed E-state index contributed by atoms with van der Waals surface area (Å²) in [5.41, 5.74) is 3.53. The predicted molar refractivity (Wildman–Crippen MR) is 123 cm³/mol. The number of amides is 1. The van der Waals surface area contributed by atoms with E-state index in [0.29, 0.717) is 41.7 Å². The minimum absolute atomic E-state index is 0.0723. The normalized spacial score (nSPS) is 12.9. The van der Waals surface area contributed by atoms with E-state index < -0.39 is 15.9 Å². The second kappa shape index (κ2) is 9.61. The molecule has 0 atom stereocenters. The summed E-state index contributed by atoms with van der Waals surface area (Å²) in [5.74, 6) is 1.08. The molecule has 0 bridgehead atoms. The monoisotopic (exact) mass is 467 g/mol. The van der Waals surface area contributed by atoms with E-state index in [4.69, 9.17) is 14.2 Å². The highest BCUT2D eigenvalue weighted by Gasteiger charge is 2.18. The number of sulfonamides is 1. The van der Waals surface area contributed by atoms with Crippen LogP contribution in [0.1, 0.15) is 15.9 Å². The Labute approximate surface area is 191 Å². The van der Waals surface area contributed by atoms with Crippen LogP contribution in [-0.2, 0) is 10.0 Å². The van der Waals surface area contributed by atoms with Crippen molar-refractivity contribution in [3.8, 4) is 17.2 Å². The van der Waals surface area contributed by atoms with E-state index in [1.165, 1.54) is 37.6 Å². The maximum Gasteiger partial charge on any atom is 0.271 e. The van der Waals surface area contributed by atoms with Gasteiger partial charge in [0.1, 0.15) is 19.0 Å². The van der Waals surface area contributed by atoms with E-state index in [2.05, 4.69) is 15.2 Å². The van der Waals surface area contributed by atoms with Gasteiger partial charge in [-0.25, -0.2) is 13.8 Å². The van der Waals surface area contributed by atoms with Crippen molar-refractivity contribution in [3.05, 3.63) is 77.9 Å². The molecule has 0 unspecified atom stereocenters. The highest BCUT2D eigenvalue weighted by atomic mass is 32.2. The molecule has 0 spiro atoms. The first-order valence-electron chi connectivity index (χ1n) is 9.95. The lowest BCUT2D eigenvalue weighted by molar-refractivity contribution is 0.0955. The van der Waals surface area contributed by atoms with Gasteiger partial charge in [-0.15, -0.1) is 0 Å². The summed E-state index contributed by atoms with van der Waals surface area (Å²) >= 11 is 0. The molecule has 1 heterocycles. The molecule has 0 saturated carbocycles. The van der Waals surface area contributed by atoms with Gasteiger partial charge in [-0.3, -0.25) is 9.52 Å². The summed E-state index contributed by atoms with van der Waals surface area (Å²) in [7, 11) is -2.50. The SMILES string of the molecule is COc1ccccc1NS(=O)(=O)c1cccc(C(=O)N/N=C\c2ccc3c(c2)OCCO3)c1. The quantitative estimate of drug-likeness (QED) is 0.408. The fourth-order valence-corrected chi connectivity index (χ4v) is 4.22. The molecule has 1 aliphatic rings. The summed E-state index contributed by atoms with van der Waals surface area (Å²) in [6.45, 7) is 0.967. The molecule has 1 aliphatic heterocycles. The summed E-state index contributed by atoms with van der Waals surface area (Å²) in [4.78, 5) is 12.4. The number of nitrogens with one attached hydrogen (secondary N) is 2. The van der Waals surface area contributed by atoms with Crippen LogP contribution in [0.3, 0.4) is 0 Å². The Hall–Kier alpha value is -4.05. The highest BCUT2D eigenvalue weighted by Crippen LogP contribution is 2.30. The third-order valence-corrected chi connectivity index (χ3v) is 6.07. The number of rotatable bonds is 7. The van der Waals surface area contributed by atoms with Crippen molar-refractivity contribution in [1.82, 2.24) is 5.43 Å². The van der Waals surface area contributed by atoms with E-state index in [-0.39, 0.29) is 10.5 Å². The topological polar surface area (TPSA) is 115 Å². The largest absolute Gasteiger partial charge is 0.495 e. The first-order valence-corrected chi connectivity index (χ1v) is 11.4. The van der Waals surface area contributed by atoms with Gasteiger partial charge >= 0.3 is 0 Å². The molecule has 10 heteroatoms. The molecular weight excluding hydrogens is 446 g/mol. The standard InChI is InChI=1S/C23H21N3O6S/c1-30-20-8-3-2-7-19(20)26-33(28,29)18-6-4-5-17(14-18)23(27)25-24-15-16-9-10-21-22(13-16)32-12-11-31-21/h2-10,13-15,26H,11-12H2,1H3,(H,25,27)/b24-15-. The number of fused-ring (bicyclic) bond motifs is 1. The molecule has 3 aromatic rings. The number of hydrogen-bond acceptors (Lipinski definition) is 7. The molecule has 33 heavy (non-hydrogen) atoms. The number of carbonyl (C=O) groups excluding carboxylic acids is 1. The molecule has 0 aromatic heterocycles. The van der Waals surface area contributed by atoms with Gasteiger partial charge in [0.05, 0.1) is 23.9 Å². The molecular formula is C23H21N3O6S. The lowest BCUT2D eigenvalue weighted by atomic mass is 10.2. The Morgan fingerprint density at radius 3 is 2.61 bits per heavy atom. The molecule has 9 nitrogen and oxygen atoms in total. The summed E-state index contributed by atoms with van der Waals surface area (Å²) in [5, 5.41) is 3.95. The van der Waals surface area contributed by atoms with Gasteiger partial charge in [0.15, 0.2) is 11.5 Å². The molecule has 3 aromatic carbocycles. The minimum atomic E-state index is -3.95. The summed E-state index contributed by atoms with van der Waals surface area (Å²) in [6, 6.07) is 17.6. The van der Waals surface area contributed by atoms with Gasteiger partial charge in [-0.2, -0.15) is 5.10 Å². The van der Waals surface area contributed by atoms with Crippen molar-refractivity contribution < 1.29 is 27.4 Å². The number of para-hydroxylation sites is 2. The average molecular weight is 468 g/mol. The van der Waals surface area contributed by atoms with Gasteiger partial charge in [-0.05, 0) is 54.1 Å². The van der Waals surface area contributed by atoms with Crippen molar-refractivity contribution in [2.45, 2.75) is 4.90 Å². The number of methoxy groups -OCH3 is 1. The number of hydrazone groups is 1. The Morgan fingerprint density at radius 2 is 1.79 bits per heavy atom. The smallest absolute Gasteiger partial charge is 0.271 e. The Balaban J connectivity index is 1.45. The van der Waals surface area contributed by atoms with Gasteiger partial charge in [0.25, 0.3) is 15.9 Å². The first kappa shape index (κ1) is 22.2. The maximum absolute atomic E-state index is 12.8. The third-order valence-electron chi connectivity index (χ3n) is 4.70. The third kappa shape index (κ3) is 5.24. The second-order valence-corrected chi connectivity index (χ2v) is 8.62. The van der Waals surface area contributed by atoms with Gasteiger partial charge in [-0.1, -0.05) is 18.2 Å². The fourth-order valence-electron chi connectivity index (χ4n) is 3.11. The second-order valence-electron chi connectivity index (χ2n) is 6.94. The predicted octanol–water partition coefficient (Wildman–Crippen LogP) is 3.03. The number of carbonyl (C=O) groups is 1. The Morgan fingerprint density at radius 1 is 1.00 bits per heavy atom. The lowest BCUT2D eigenvalue weighted by Crippen LogP contribution is -2.19. The minimum Gasteiger partial charge on any atom is -0.495 e. The van der Waals surface area contributed by atoms with Crippen LogP contribution >= 0.6 is 0 Å². The number of ether oxygens (including phenoxy) is 3. The van der Waals surface area contributed by atoms with Gasteiger partial charge in [0, 0.05) is 5.56 Å². The lowest BCUT2D eigenvalue weighted by Gasteiger charge is -2.18. The number of hydrogen-bond donors (Lipinski definition) is 2. The summed E-state index contributed by atoms with van der Waals surface area (Å²) < 4.78 is 44.3. The molecule has 0 saturated heterocycles. The van der Waals surface area contributed by atoms with Gasteiger partial charge in [0.2, 0.25) is 0 Å². The van der Waals surface area contributed by atoms with Crippen LogP contribution < -0.4 is 24.4 Å². The van der Waals surface area contributed by atoms with Crippen molar-refractivity contribution >= 4 is 27.8 Å². The van der Waals surface area contributed by atoms with Crippen molar-refractivity contribution in [2.75, 3.05) is 25.0 Å². The Bertz CT molecular complexity index is 1310. The van der Waals surface area contributed by atoms with Crippen LogP contribution in [0, 0.1) is 0 Å². The van der Waals surface area contributed by atoms with E-state index in [9.17, 15) is 13.2 Å². The maximum atomic E-state index is 12.8. The molecule has 2 N–H and O–H groups in total. The number of anilines is 1. The van der Waals surface area contributed by atoms with Crippen LogP contribution in [0.4, 0.5) is 5.69 Å². The fraction of sp³-hybridized carbons (Fsp3) is 0.130. The first-order chi connectivity index (χ1) is 16.0. The van der Waals surface area contributed by atoms with E-state index >= 15 is 0 Å². The number of benzene rings is 3. The van der Waals surface area contributed by atoms with Crippen molar-refractivity contribution in [2.24, 2.45) is 5.10 Å². The van der Waals surface area contributed by atoms with Crippen molar-refractivity contribution in [1.29, 1.82) is 0 Å². The molecule has 1 amide bonds. The van der Waals surface area contributed by atoms with Crippen LogP contribution in [-0.4, -0.2) is 40.9 Å². The zero-order valence-corrected chi connectivity index (χ0v) is 18.5. The van der Waals surface area contributed by atoms with E-state index in [0.717, 1.165) is 0 Å². The van der Waals surface area contributed by atoms with Crippen molar-refractivity contribution in [3.63, 3.8) is 0 Å². The molecule has 170 valence electrons.